The summed E-state index contributed by atoms with van der Waals surface area (Å²) in [5.74, 6) is 0.0871. The molecule has 2 fully saturated rings. The van der Waals surface area contributed by atoms with Crippen molar-refractivity contribution in [1.82, 2.24) is 19.7 Å². The van der Waals surface area contributed by atoms with Gasteiger partial charge >= 0.3 is 0 Å². The predicted molar refractivity (Wildman–Crippen MR) is 129 cm³/mol. The molecular weight excluding hydrogens is 452 g/mol. The highest BCUT2D eigenvalue weighted by atomic mass is 19.1. The van der Waals surface area contributed by atoms with Crippen LogP contribution in [0.25, 0.3) is 22.5 Å². The number of nitrogens with zero attached hydrogens (tertiary/aromatic N) is 5. The highest BCUT2D eigenvalue weighted by molar-refractivity contribution is 5.72. The molecule has 5 rings (SSSR count). The zero-order chi connectivity index (χ0) is 24.7. The van der Waals surface area contributed by atoms with Crippen LogP contribution < -0.4 is 10.5 Å². The molecule has 0 unspecified atom stereocenters. The number of halogens is 2. The van der Waals surface area contributed by atoms with E-state index < -0.39 is 17.7 Å². The molecule has 3 atom stereocenters. The first-order valence-electron chi connectivity index (χ1n) is 12.2. The molecule has 0 aliphatic heterocycles. The Bertz CT molecular complexity index is 1280. The van der Waals surface area contributed by atoms with Crippen molar-refractivity contribution >= 4 is 5.82 Å². The lowest BCUT2D eigenvalue weighted by Crippen LogP contribution is -2.49. The van der Waals surface area contributed by atoms with Crippen molar-refractivity contribution < 1.29 is 13.9 Å². The summed E-state index contributed by atoms with van der Waals surface area (Å²) >= 11 is 0. The molecule has 1 aromatic carbocycles. The molecule has 0 amide bonds. The van der Waals surface area contributed by atoms with E-state index >= 15 is 4.39 Å². The summed E-state index contributed by atoms with van der Waals surface area (Å²) in [5.41, 5.74) is 0.734. The maximum absolute atomic E-state index is 15.3. The zero-order valence-electron chi connectivity index (χ0n) is 19.9. The summed E-state index contributed by atoms with van der Waals surface area (Å²) in [6.07, 6.45) is 6.28. The Labute approximate surface area is 202 Å². The third kappa shape index (κ3) is 4.51. The highest BCUT2D eigenvalue weighted by Crippen LogP contribution is 2.40. The Balaban J connectivity index is 1.41. The molecule has 1 N–H and O–H groups in total. The average molecular weight is 482 g/mol. The number of alkyl halides is 1. The van der Waals surface area contributed by atoms with Crippen molar-refractivity contribution in [2.75, 3.05) is 4.90 Å². The van der Waals surface area contributed by atoms with Gasteiger partial charge in [0.25, 0.3) is 5.56 Å². The first-order valence-corrected chi connectivity index (χ1v) is 12.2. The predicted octanol–water partition coefficient (Wildman–Crippen LogP) is 4.63. The lowest BCUT2D eigenvalue weighted by molar-refractivity contribution is 0.130. The highest BCUT2D eigenvalue weighted by Gasteiger charge is 2.42. The number of anilines is 1. The maximum Gasteiger partial charge on any atom is 0.253 e. The Morgan fingerprint density at radius 3 is 2.54 bits per heavy atom. The molecule has 2 saturated carbocycles. The molecule has 2 aromatic heterocycles. The normalized spacial score (nSPS) is 22.2. The maximum atomic E-state index is 15.3. The number of phenols is 1. The van der Waals surface area contributed by atoms with E-state index in [1.165, 1.54) is 25.2 Å². The lowest BCUT2D eigenvalue weighted by Gasteiger charge is -2.40. The van der Waals surface area contributed by atoms with Gasteiger partial charge in [0.05, 0.1) is 17.8 Å². The van der Waals surface area contributed by atoms with Crippen molar-refractivity contribution in [2.45, 2.75) is 63.7 Å². The quantitative estimate of drug-likeness (QED) is 0.517. The third-order valence-corrected chi connectivity index (χ3v) is 7.31. The average Bonchev–Trinajstić information content (AvgIpc) is 3.69. The Morgan fingerprint density at radius 1 is 1.11 bits per heavy atom. The second-order valence-corrected chi connectivity index (χ2v) is 9.59. The molecule has 9 heteroatoms. The van der Waals surface area contributed by atoms with Gasteiger partial charge < -0.3 is 10.0 Å². The second-order valence-electron chi connectivity index (χ2n) is 9.59. The van der Waals surface area contributed by atoms with Crippen LogP contribution in [0.2, 0.25) is 0 Å². The molecule has 0 radical (unpaired) electrons. The monoisotopic (exact) mass is 481 g/mol. The van der Waals surface area contributed by atoms with Gasteiger partial charge in [-0.2, -0.15) is 4.39 Å². The summed E-state index contributed by atoms with van der Waals surface area (Å²) in [6.45, 7) is 2.04. The van der Waals surface area contributed by atoms with Gasteiger partial charge in [-0.3, -0.25) is 9.36 Å². The molecule has 7 nitrogen and oxygen atoms in total. The van der Waals surface area contributed by atoms with Crippen molar-refractivity contribution in [3.63, 3.8) is 0 Å². The van der Waals surface area contributed by atoms with E-state index in [4.69, 9.17) is 0 Å². The number of aromatic hydroxyl groups is 1. The van der Waals surface area contributed by atoms with E-state index in [9.17, 15) is 14.3 Å². The number of aromatic nitrogens is 4. The van der Waals surface area contributed by atoms with Crippen LogP contribution in [0.5, 0.6) is 5.75 Å². The summed E-state index contributed by atoms with van der Waals surface area (Å²) in [6, 6.07) is 7.32. The van der Waals surface area contributed by atoms with Gasteiger partial charge in [-0.1, -0.05) is 25.8 Å². The number of pyridine rings is 1. The SMILES string of the molecule is CC[C@@H]1CCC[C@H](N(c2cnc(-c3ccc(-c4cc(F)n(C)c(=O)c4)cc3O)nn2)C2CC2)[C@@H]1F. The fraction of sp³-hybridized carbons (Fsp3) is 0.462. The van der Waals surface area contributed by atoms with Crippen LogP contribution in [0, 0.1) is 11.9 Å². The van der Waals surface area contributed by atoms with Crippen molar-refractivity contribution in [3.05, 3.63) is 52.8 Å². The van der Waals surface area contributed by atoms with Crippen LogP contribution >= 0.6 is 0 Å². The van der Waals surface area contributed by atoms with Crippen LogP contribution in [0.1, 0.15) is 45.4 Å². The first kappa shape index (κ1) is 23.4. The minimum absolute atomic E-state index is 0.0731. The van der Waals surface area contributed by atoms with Gasteiger partial charge in [0.15, 0.2) is 17.6 Å². The fourth-order valence-electron chi connectivity index (χ4n) is 5.10. The van der Waals surface area contributed by atoms with Gasteiger partial charge in [0.2, 0.25) is 0 Å². The van der Waals surface area contributed by atoms with Crippen molar-refractivity contribution in [2.24, 2.45) is 13.0 Å². The van der Waals surface area contributed by atoms with Gasteiger partial charge in [0.1, 0.15) is 11.9 Å². The van der Waals surface area contributed by atoms with E-state index in [0.29, 0.717) is 22.5 Å². The van der Waals surface area contributed by atoms with Crippen molar-refractivity contribution in [1.29, 1.82) is 0 Å². The standard InChI is InChI=1S/C26H29F2N5O2/c1-3-15-5-4-6-20(25(15)28)33(18-8-9-18)23-14-29-26(31-30-23)19-10-7-16(11-21(19)34)17-12-22(27)32(2)24(35)13-17/h7,10-15,18,20,25,34H,3-6,8-9H2,1-2H3/t15-,20+,25-/m1/s1. The van der Waals surface area contributed by atoms with Crippen LogP contribution in [-0.2, 0) is 7.05 Å². The number of rotatable bonds is 6. The second kappa shape index (κ2) is 9.36. The van der Waals surface area contributed by atoms with E-state index in [1.807, 2.05) is 6.92 Å². The van der Waals surface area contributed by atoms with Crippen LogP contribution in [-0.4, -0.2) is 43.1 Å². The molecule has 35 heavy (non-hydrogen) atoms. The van der Waals surface area contributed by atoms with Crippen LogP contribution in [0.3, 0.4) is 0 Å². The molecule has 3 aromatic rings. The molecule has 0 spiro atoms. The number of hydrogen-bond acceptors (Lipinski definition) is 6. The van der Waals surface area contributed by atoms with E-state index in [-0.39, 0.29) is 29.6 Å². The molecule has 2 heterocycles. The van der Waals surface area contributed by atoms with E-state index in [0.717, 1.165) is 43.1 Å². The van der Waals surface area contributed by atoms with Gasteiger partial charge in [0, 0.05) is 19.2 Å². The topological polar surface area (TPSA) is 84.1 Å². The molecule has 0 saturated heterocycles. The summed E-state index contributed by atoms with van der Waals surface area (Å²) in [4.78, 5) is 18.4. The molecular formula is C26H29F2N5O2. The Hall–Kier alpha value is -3.36. The molecule has 2 aliphatic rings. The Morgan fingerprint density at radius 2 is 1.91 bits per heavy atom. The molecule has 0 bridgehead atoms. The molecule has 2 aliphatic carbocycles. The number of hydrogen-bond donors (Lipinski definition) is 1. The zero-order valence-corrected chi connectivity index (χ0v) is 19.9. The summed E-state index contributed by atoms with van der Waals surface area (Å²) in [5, 5.41) is 19.2. The smallest absolute Gasteiger partial charge is 0.253 e. The number of phenolic OH excluding ortho intramolecular Hbond substituents is 1. The molecule has 184 valence electrons. The first-order chi connectivity index (χ1) is 16.9. The van der Waals surface area contributed by atoms with E-state index in [1.54, 1.807) is 18.3 Å². The van der Waals surface area contributed by atoms with Crippen LogP contribution in [0.15, 0.2) is 41.3 Å². The Kier molecular flexibility index (Phi) is 6.25. The fourth-order valence-corrected chi connectivity index (χ4v) is 5.10. The van der Waals surface area contributed by atoms with Crippen molar-refractivity contribution in [3.8, 4) is 28.3 Å². The summed E-state index contributed by atoms with van der Waals surface area (Å²) in [7, 11) is 1.35. The largest absolute Gasteiger partial charge is 0.507 e. The van der Waals surface area contributed by atoms with E-state index in [2.05, 4.69) is 20.1 Å². The number of benzene rings is 1. The third-order valence-electron chi connectivity index (χ3n) is 7.31. The van der Waals surface area contributed by atoms with Gasteiger partial charge in [-0.15, -0.1) is 10.2 Å². The van der Waals surface area contributed by atoms with Crippen LogP contribution in [0.4, 0.5) is 14.6 Å². The lowest BCUT2D eigenvalue weighted by atomic mass is 9.81. The van der Waals surface area contributed by atoms with Gasteiger partial charge in [-0.25, -0.2) is 9.37 Å². The van der Waals surface area contributed by atoms with Gasteiger partial charge in [-0.05, 0) is 60.9 Å². The minimum Gasteiger partial charge on any atom is -0.507 e. The summed E-state index contributed by atoms with van der Waals surface area (Å²) < 4.78 is 30.2. The minimum atomic E-state index is -0.896.